The second-order valence-electron chi connectivity index (χ2n) is 6.68. The average Bonchev–Trinajstić information content (AvgIpc) is 2.65. The molecule has 0 heterocycles. The van der Waals surface area contributed by atoms with Crippen molar-refractivity contribution in [2.45, 2.75) is 76.0 Å². The molecule has 0 saturated heterocycles. The number of carbonyl (C=O) groups is 1. The first-order valence-corrected chi connectivity index (χ1v) is 11.6. The summed E-state index contributed by atoms with van der Waals surface area (Å²) >= 11 is 5.06. The van der Waals surface area contributed by atoms with Crippen LogP contribution in [0.4, 0.5) is 5.69 Å². The van der Waals surface area contributed by atoms with Crippen LogP contribution in [0.5, 0.6) is 0 Å². The fourth-order valence-corrected chi connectivity index (χ4v) is 3.29. The SMILES string of the molecule is CCCCCCCCCCCC(=O)NNC(=S)Nc1ccc(S(=O)(=O)[O-])cc1.[Na+]. The molecule has 1 amide bonds. The maximum atomic E-state index is 11.8. The second kappa shape index (κ2) is 16.0. The third kappa shape index (κ3) is 14.0. The number of benzene rings is 1. The number of carbonyl (C=O) groups excluding carboxylic acids is 1. The molecule has 0 aliphatic heterocycles. The topological polar surface area (TPSA) is 110 Å². The summed E-state index contributed by atoms with van der Waals surface area (Å²) in [5, 5.41) is 2.95. The number of unbranched alkanes of at least 4 members (excludes halogenated alkanes) is 8. The molecule has 29 heavy (non-hydrogen) atoms. The predicted octanol–water partition coefficient (Wildman–Crippen LogP) is 0.833. The quantitative estimate of drug-likeness (QED) is 0.142. The van der Waals surface area contributed by atoms with Crippen LogP contribution in [0.1, 0.15) is 71.1 Å². The molecule has 10 heteroatoms. The number of thiocarbonyl (C=S) groups is 1. The molecule has 1 aromatic rings. The molecule has 7 nitrogen and oxygen atoms in total. The van der Waals surface area contributed by atoms with Crippen molar-refractivity contribution in [3.8, 4) is 0 Å². The monoisotopic (exact) mass is 451 g/mol. The Morgan fingerprint density at radius 1 is 0.931 bits per heavy atom. The van der Waals surface area contributed by atoms with Gasteiger partial charge in [-0.25, -0.2) is 8.42 Å². The van der Waals surface area contributed by atoms with Crippen molar-refractivity contribution in [2.24, 2.45) is 0 Å². The van der Waals surface area contributed by atoms with Crippen LogP contribution in [-0.2, 0) is 14.9 Å². The van der Waals surface area contributed by atoms with E-state index in [0.717, 1.165) is 19.3 Å². The summed E-state index contributed by atoms with van der Waals surface area (Å²) in [6.07, 6.45) is 11.2. The molecular formula is C19H30N3NaO4S2. The maximum Gasteiger partial charge on any atom is 1.00 e. The van der Waals surface area contributed by atoms with Crippen molar-refractivity contribution in [3.63, 3.8) is 0 Å². The molecule has 0 radical (unpaired) electrons. The van der Waals surface area contributed by atoms with Crippen molar-refractivity contribution >= 4 is 39.0 Å². The van der Waals surface area contributed by atoms with Gasteiger partial charge in [0.15, 0.2) is 5.11 Å². The minimum Gasteiger partial charge on any atom is -0.744 e. The molecule has 0 fully saturated rings. The van der Waals surface area contributed by atoms with Gasteiger partial charge in [-0.15, -0.1) is 0 Å². The van der Waals surface area contributed by atoms with Crippen LogP contribution < -0.4 is 45.7 Å². The number of amides is 1. The van der Waals surface area contributed by atoms with E-state index in [1.165, 1.54) is 62.8 Å². The summed E-state index contributed by atoms with van der Waals surface area (Å²) in [5.74, 6) is -0.139. The summed E-state index contributed by atoms with van der Waals surface area (Å²) in [6.45, 7) is 2.21. The summed E-state index contributed by atoms with van der Waals surface area (Å²) < 4.78 is 32.6. The van der Waals surface area contributed by atoms with Gasteiger partial charge >= 0.3 is 29.6 Å². The first-order chi connectivity index (χ1) is 13.3. The van der Waals surface area contributed by atoms with Crippen LogP contribution in [0.15, 0.2) is 29.2 Å². The predicted molar refractivity (Wildman–Crippen MR) is 114 cm³/mol. The molecule has 158 valence electrons. The van der Waals surface area contributed by atoms with Gasteiger partial charge in [-0.3, -0.25) is 15.6 Å². The van der Waals surface area contributed by atoms with Crippen LogP contribution in [0.25, 0.3) is 0 Å². The van der Waals surface area contributed by atoms with E-state index >= 15 is 0 Å². The zero-order chi connectivity index (χ0) is 20.8. The number of rotatable bonds is 12. The van der Waals surface area contributed by atoms with E-state index in [1.807, 2.05) is 0 Å². The maximum absolute atomic E-state index is 11.8. The van der Waals surface area contributed by atoms with E-state index in [9.17, 15) is 17.8 Å². The van der Waals surface area contributed by atoms with E-state index in [1.54, 1.807) is 0 Å². The normalized spacial score (nSPS) is 10.7. The van der Waals surface area contributed by atoms with E-state index in [4.69, 9.17) is 12.2 Å². The zero-order valence-corrected chi connectivity index (χ0v) is 21.0. The average molecular weight is 452 g/mol. The Bertz CT molecular complexity index is 713. The Morgan fingerprint density at radius 2 is 1.45 bits per heavy atom. The Labute approximate surface area is 201 Å². The Balaban J connectivity index is 0.00000784. The molecular weight excluding hydrogens is 421 g/mol. The molecule has 0 aromatic heterocycles. The third-order valence-electron chi connectivity index (χ3n) is 4.22. The van der Waals surface area contributed by atoms with Crippen LogP contribution in [-0.4, -0.2) is 24.0 Å². The van der Waals surface area contributed by atoms with Crippen molar-refractivity contribution in [3.05, 3.63) is 24.3 Å². The van der Waals surface area contributed by atoms with Gasteiger partial charge in [0.2, 0.25) is 5.91 Å². The van der Waals surface area contributed by atoms with Gasteiger partial charge in [0, 0.05) is 12.1 Å². The molecule has 0 atom stereocenters. The number of hydrazine groups is 1. The smallest absolute Gasteiger partial charge is 0.744 e. The van der Waals surface area contributed by atoms with E-state index in [-0.39, 0.29) is 45.5 Å². The number of hydrogen-bond acceptors (Lipinski definition) is 5. The summed E-state index contributed by atoms with van der Waals surface area (Å²) in [7, 11) is -4.47. The minimum atomic E-state index is -4.47. The zero-order valence-electron chi connectivity index (χ0n) is 17.3. The molecule has 0 saturated carbocycles. The molecule has 0 bridgehead atoms. The van der Waals surface area contributed by atoms with E-state index in [0.29, 0.717) is 12.1 Å². The van der Waals surface area contributed by atoms with E-state index < -0.39 is 10.1 Å². The largest absolute Gasteiger partial charge is 1.00 e. The molecule has 1 rings (SSSR count). The van der Waals surface area contributed by atoms with Crippen molar-refractivity contribution in [1.82, 2.24) is 10.9 Å². The number of anilines is 1. The van der Waals surface area contributed by atoms with Crippen molar-refractivity contribution in [2.75, 3.05) is 5.32 Å². The first kappa shape index (κ1) is 28.3. The molecule has 3 N–H and O–H groups in total. The Hall–Kier alpha value is -0.710. The minimum absolute atomic E-state index is 0. The van der Waals surface area contributed by atoms with Gasteiger partial charge in [-0.1, -0.05) is 58.3 Å². The molecule has 0 unspecified atom stereocenters. The van der Waals surface area contributed by atoms with Gasteiger partial charge < -0.3 is 9.87 Å². The first-order valence-electron chi connectivity index (χ1n) is 9.74. The molecule has 0 aliphatic carbocycles. The summed E-state index contributed by atoms with van der Waals surface area (Å²) in [4.78, 5) is 11.5. The fourth-order valence-electron chi connectivity index (χ4n) is 2.65. The van der Waals surface area contributed by atoms with Crippen molar-refractivity contribution < 1.29 is 47.3 Å². The van der Waals surface area contributed by atoms with Crippen molar-refractivity contribution in [1.29, 1.82) is 0 Å². The van der Waals surface area contributed by atoms with Gasteiger partial charge in [0.05, 0.1) is 4.90 Å². The number of nitrogens with one attached hydrogen (secondary N) is 3. The van der Waals surface area contributed by atoms with Gasteiger partial charge in [-0.2, -0.15) is 0 Å². The summed E-state index contributed by atoms with van der Waals surface area (Å²) in [5.41, 5.74) is 5.62. The van der Waals surface area contributed by atoms with Crippen LogP contribution >= 0.6 is 12.2 Å². The molecule has 1 aromatic carbocycles. The van der Waals surface area contributed by atoms with Gasteiger partial charge in [0.25, 0.3) is 0 Å². The summed E-state index contributed by atoms with van der Waals surface area (Å²) in [6, 6.07) is 5.22. The van der Waals surface area contributed by atoms with Gasteiger partial charge in [-0.05, 0) is 42.9 Å². The van der Waals surface area contributed by atoms with Crippen LogP contribution in [0, 0.1) is 0 Å². The second-order valence-corrected chi connectivity index (χ2v) is 8.47. The van der Waals surface area contributed by atoms with E-state index in [2.05, 4.69) is 23.1 Å². The van der Waals surface area contributed by atoms with Crippen LogP contribution in [0.2, 0.25) is 0 Å². The standard InChI is InChI=1S/C19H31N3O4S2.Na/c1-2-3-4-5-6-7-8-9-10-11-18(23)21-22-19(27)20-16-12-14-17(15-13-16)28(24,25)26;/h12-15H,2-11H2,1H3,(H,21,23)(H2,20,22,27)(H,24,25,26);/q;+1/p-1. The fraction of sp³-hybridized carbons (Fsp3) is 0.579. The van der Waals surface area contributed by atoms with Crippen LogP contribution in [0.3, 0.4) is 0 Å². The molecule has 0 spiro atoms. The third-order valence-corrected chi connectivity index (χ3v) is 5.28. The molecule has 0 aliphatic rings. The Kier molecular flexibility index (Phi) is 15.6. The number of hydrogen-bond donors (Lipinski definition) is 3. The van der Waals surface area contributed by atoms with Gasteiger partial charge in [0.1, 0.15) is 10.1 Å². The Morgan fingerprint density at radius 3 is 1.97 bits per heavy atom.